The number of nitrogens with one attached hydrogen (secondary N) is 1. The van der Waals surface area contributed by atoms with Crippen molar-refractivity contribution in [3.63, 3.8) is 0 Å². The standard InChI is InChI=1S/C13H27NO4/c1-7-16-11(17-8-2)9-14-10(3)12(15)18-13(4,5)6/h10-11,14H,7-9H2,1-6H3/t10-/m0/s1. The molecule has 0 spiro atoms. The van der Waals surface area contributed by atoms with Gasteiger partial charge in [-0.05, 0) is 41.5 Å². The molecule has 0 aliphatic rings. The largest absolute Gasteiger partial charge is 0.459 e. The number of carbonyl (C=O) groups is 1. The van der Waals surface area contributed by atoms with E-state index in [-0.39, 0.29) is 18.3 Å². The van der Waals surface area contributed by atoms with Crippen molar-refractivity contribution in [1.82, 2.24) is 5.32 Å². The van der Waals surface area contributed by atoms with Crippen LogP contribution in [-0.2, 0) is 19.0 Å². The number of ether oxygens (including phenoxy) is 3. The van der Waals surface area contributed by atoms with Crippen LogP contribution in [0, 0.1) is 0 Å². The molecule has 0 saturated heterocycles. The van der Waals surface area contributed by atoms with E-state index in [9.17, 15) is 4.79 Å². The maximum atomic E-state index is 11.7. The highest BCUT2D eigenvalue weighted by molar-refractivity contribution is 5.75. The van der Waals surface area contributed by atoms with E-state index in [2.05, 4.69) is 5.32 Å². The third kappa shape index (κ3) is 8.44. The molecule has 5 heteroatoms. The Morgan fingerprint density at radius 2 is 1.67 bits per heavy atom. The van der Waals surface area contributed by atoms with Crippen LogP contribution >= 0.6 is 0 Å². The minimum absolute atomic E-state index is 0.269. The number of hydrogen-bond donors (Lipinski definition) is 1. The smallest absolute Gasteiger partial charge is 0.323 e. The molecule has 108 valence electrons. The van der Waals surface area contributed by atoms with E-state index >= 15 is 0 Å². The lowest BCUT2D eigenvalue weighted by atomic mass is 10.2. The predicted octanol–water partition coefficient (Wildman–Crippen LogP) is 1.71. The van der Waals surface area contributed by atoms with Gasteiger partial charge in [0.1, 0.15) is 11.6 Å². The molecule has 0 heterocycles. The zero-order chi connectivity index (χ0) is 14.2. The number of rotatable bonds is 8. The molecule has 1 N–H and O–H groups in total. The van der Waals surface area contributed by atoms with E-state index in [1.807, 2.05) is 34.6 Å². The highest BCUT2D eigenvalue weighted by atomic mass is 16.7. The monoisotopic (exact) mass is 261 g/mol. The molecule has 0 radical (unpaired) electrons. The molecule has 0 aliphatic heterocycles. The summed E-state index contributed by atoms with van der Waals surface area (Å²) < 4.78 is 16.0. The van der Waals surface area contributed by atoms with Crippen molar-refractivity contribution < 1.29 is 19.0 Å². The van der Waals surface area contributed by atoms with Gasteiger partial charge in [0.25, 0.3) is 0 Å². The molecule has 0 unspecified atom stereocenters. The van der Waals surface area contributed by atoms with Crippen LogP contribution in [-0.4, -0.2) is 43.7 Å². The summed E-state index contributed by atoms with van der Waals surface area (Å²) in [5.41, 5.74) is -0.466. The Morgan fingerprint density at radius 1 is 1.17 bits per heavy atom. The maximum absolute atomic E-state index is 11.7. The molecule has 5 nitrogen and oxygen atoms in total. The highest BCUT2D eigenvalue weighted by Gasteiger charge is 2.22. The van der Waals surface area contributed by atoms with Crippen LogP contribution in [0.1, 0.15) is 41.5 Å². The molecule has 0 aromatic heterocycles. The Hall–Kier alpha value is -0.650. The molecular formula is C13H27NO4. The van der Waals surface area contributed by atoms with Gasteiger partial charge in [0, 0.05) is 19.8 Å². The Balaban J connectivity index is 4.06. The first-order valence-electron chi connectivity index (χ1n) is 6.49. The molecular weight excluding hydrogens is 234 g/mol. The Morgan fingerprint density at radius 3 is 2.06 bits per heavy atom. The summed E-state index contributed by atoms with van der Waals surface area (Å²) in [4.78, 5) is 11.7. The average Bonchev–Trinajstić information content (AvgIpc) is 2.23. The molecule has 0 amide bonds. The fourth-order valence-electron chi connectivity index (χ4n) is 1.28. The quantitative estimate of drug-likeness (QED) is 0.532. The second-order valence-corrected chi connectivity index (χ2v) is 5.00. The Kier molecular flexibility index (Phi) is 8.15. The van der Waals surface area contributed by atoms with E-state index in [1.165, 1.54) is 0 Å². The lowest BCUT2D eigenvalue weighted by Crippen LogP contribution is -2.43. The summed E-state index contributed by atoms with van der Waals surface area (Å²) in [7, 11) is 0. The van der Waals surface area contributed by atoms with Gasteiger partial charge in [-0.15, -0.1) is 0 Å². The molecule has 0 bridgehead atoms. The Labute approximate surface area is 110 Å². The van der Waals surface area contributed by atoms with Crippen LogP contribution in [0.4, 0.5) is 0 Å². The van der Waals surface area contributed by atoms with Crippen LogP contribution in [0.15, 0.2) is 0 Å². The van der Waals surface area contributed by atoms with Crippen molar-refractivity contribution in [1.29, 1.82) is 0 Å². The first-order valence-corrected chi connectivity index (χ1v) is 6.49. The van der Waals surface area contributed by atoms with Crippen LogP contribution in [0.3, 0.4) is 0 Å². The predicted molar refractivity (Wildman–Crippen MR) is 70.3 cm³/mol. The topological polar surface area (TPSA) is 56.8 Å². The molecule has 0 rings (SSSR count). The molecule has 0 aliphatic carbocycles. The van der Waals surface area contributed by atoms with Gasteiger partial charge in [-0.2, -0.15) is 0 Å². The molecule has 0 saturated carbocycles. The van der Waals surface area contributed by atoms with Crippen molar-refractivity contribution in [2.45, 2.75) is 59.5 Å². The van der Waals surface area contributed by atoms with Gasteiger partial charge in [0.15, 0.2) is 6.29 Å². The summed E-state index contributed by atoms with van der Waals surface area (Å²) in [6.45, 7) is 12.7. The second-order valence-electron chi connectivity index (χ2n) is 5.00. The van der Waals surface area contributed by atoms with Crippen LogP contribution in [0.2, 0.25) is 0 Å². The van der Waals surface area contributed by atoms with Gasteiger partial charge >= 0.3 is 5.97 Å². The van der Waals surface area contributed by atoms with Crippen molar-refractivity contribution in [2.24, 2.45) is 0 Å². The van der Waals surface area contributed by atoms with E-state index in [0.29, 0.717) is 19.8 Å². The fraction of sp³-hybridized carbons (Fsp3) is 0.923. The summed E-state index contributed by atoms with van der Waals surface area (Å²) in [5.74, 6) is -0.269. The molecule has 0 aromatic rings. The van der Waals surface area contributed by atoms with Gasteiger partial charge in [-0.1, -0.05) is 0 Å². The first kappa shape index (κ1) is 17.4. The fourth-order valence-corrected chi connectivity index (χ4v) is 1.28. The SMILES string of the molecule is CCOC(CN[C@@H](C)C(=O)OC(C)(C)C)OCC. The summed E-state index contributed by atoms with van der Waals surface area (Å²) in [6, 6.07) is -0.382. The summed E-state index contributed by atoms with van der Waals surface area (Å²) in [6.07, 6.45) is -0.329. The number of carbonyl (C=O) groups excluding carboxylic acids is 1. The van der Waals surface area contributed by atoms with Crippen LogP contribution in [0.5, 0.6) is 0 Å². The highest BCUT2D eigenvalue weighted by Crippen LogP contribution is 2.08. The van der Waals surface area contributed by atoms with Gasteiger partial charge in [-0.25, -0.2) is 0 Å². The van der Waals surface area contributed by atoms with Crippen molar-refractivity contribution in [2.75, 3.05) is 19.8 Å². The third-order valence-corrected chi connectivity index (χ3v) is 2.06. The van der Waals surface area contributed by atoms with Crippen molar-refractivity contribution >= 4 is 5.97 Å². The zero-order valence-corrected chi connectivity index (χ0v) is 12.4. The van der Waals surface area contributed by atoms with Crippen molar-refractivity contribution in [3.8, 4) is 0 Å². The van der Waals surface area contributed by atoms with Crippen LogP contribution in [0.25, 0.3) is 0 Å². The van der Waals surface area contributed by atoms with Gasteiger partial charge in [0.05, 0.1) is 0 Å². The minimum atomic E-state index is -0.466. The molecule has 0 fully saturated rings. The normalized spacial score (nSPS) is 13.7. The lowest BCUT2D eigenvalue weighted by Gasteiger charge is -2.24. The Bertz CT molecular complexity index is 232. The second kappa shape index (κ2) is 8.45. The van der Waals surface area contributed by atoms with E-state index in [0.717, 1.165) is 0 Å². The molecule has 0 aromatic carbocycles. The minimum Gasteiger partial charge on any atom is -0.459 e. The lowest BCUT2D eigenvalue weighted by molar-refractivity contribution is -0.158. The average molecular weight is 261 g/mol. The number of hydrogen-bond acceptors (Lipinski definition) is 5. The van der Waals surface area contributed by atoms with Crippen LogP contribution < -0.4 is 5.32 Å². The number of esters is 1. The van der Waals surface area contributed by atoms with E-state index in [4.69, 9.17) is 14.2 Å². The van der Waals surface area contributed by atoms with E-state index < -0.39 is 5.60 Å². The zero-order valence-electron chi connectivity index (χ0n) is 12.4. The van der Waals surface area contributed by atoms with Gasteiger partial charge < -0.3 is 14.2 Å². The summed E-state index contributed by atoms with van der Waals surface area (Å²) >= 11 is 0. The van der Waals surface area contributed by atoms with Gasteiger partial charge in [0.2, 0.25) is 0 Å². The first-order chi connectivity index (χ1) is 8.30. The third-order valence-electron chi connectivity index (χ3n) is 2.06. The molecule has 1 atom stereocenters. The van der Waals surface area contributed by atoms with Gasteiger partial charge in [-0.3, -0.25) is 10.1 Å². The van der Waals surface area contributed by atoms with E-state index in [1.54, 1.807) is 6.92 Å². The summed E-state index contributed by atoms with van der Waals surface area (Å²) in [5, 5.41) is 3.05. The molecule has 18 heavy (non-hydrogen) atoms. The van der Waals surface area contributed by atoms with Crippen molar-refractivity contribution in [3.05, 3.63) is 0 Å². The maximum Gasteiger partial charge on any atom is 0.323 e.